The molecule has 0 spiro atoms. The number of amides is 1. The van der Waals surface area contributed by atoms with Gasteiger partial charge in [0.25, 0.3) is 0 Å². The van der Waals surface area contributed by atoms with E-state index >= 15 is 0 Å². The van der Waals surface area contributed by atoms with Crippen molar-refractivity contribution in [3.05, 3.63) is 35.6 Å². The second kappa shape index (κ2) is 9.44. The lowest BCUT2D eigenvalue weighted by molar-refractivity contribution is -0.135. The fourth-order valence-electron chi connectivity index (χ4n) is 3.91. The van der Waals surface area contributed by atoms with Crippen LogP contribution >= 0.6 is 0 Å². The minimum Gasteiger partial charge on any atom is -0.383 e. The number of rotatable bonds is 6. The van der Waals surface area contributed by atoms with Crippen molar-refractivity contribution in [1.82, 2.24) is 14.7 Å². The predicted molar refractivity (Wildman–Crippen MR) is 99.3 cm³/mol. The van der Waals surface area contributed by atoms with Crippen molar-refractivity contribution >= 4 is 5.91 Å². The minimum absolute atomic E-state index is 0.135. The summed E-state index contributed by atoms with van der Waals surface area (Å²) < 4.78 is 18.2. The van der Waals surface area contributed by atoms with E-state index in [2.05, 4.69) is 14.7 Å². The first-order valence-electron chi connectivity index (χ1n) is 9.62. The third-order valence-electron chi connectivity index (χ3n) is 5.45. The largest absolute Gasteiger partial charge is 0.383 e. The molecular formula is C20H30FN3O2. The molecule has 26 heavy (non-hydrogen) atoms. The van der Waals surface area contributed by atoms with Crippen LogP contribution in [0.15, 0.2) is 24.3 Å². The number of ether oxygens (including phenoxy) is 1. The van der Waals surface area contributed by atoms with E-state index in [1.807, 2.05) is 12.1 Å². The van der Waals surface area contributed by atoms with Crippen LogP contribution in [-0.4, -0.2) is 80.1 Å². The van der Waals surface area contributed by atoms with E-state index in [0.29, 0.717) is 5.91 Å². The lowest BCUT2D eigenvalue weighted by Gasteiger charge is -2.25. The molecule has 1 amide bonds. The van der Waals surface area contributed by atoms with Crippen LogP contribution in [0.5, 0.6) is 0 Å². The third-order valence-corrected chi connectivity index (χ3v) is 5.45. The number of likely N-dealkylation sites (tertiary alicyclic amines) is 1. The minimum atomic E-state index is -0.197. The molecule has 144 valence electrons. The second-order valence-electron chi connectivity index (χ2n) is 7.36. The first-order valence-corrected chi connectivity index (χ1v) is 9.62. The Labute approximate surface area is 155 Å². The van der Waals surface area contributed by atoms with Crippen molar-refractivity contribution in [2.45, 2.75) is 19.4 Å². The predicted octanol–water partition coefficient (Wildman–Crippen LogP) is 1.83. The van der Waals surface area contributed by atoms with Crippen molar-refractivity contribution < 1.29 is 13.9 Å². The molecule has 1 aromatic carbocycles. The molecule has 0 N–H and O–H groups in total. The molecule has 2 aliphatic heterocycles. The number of nitrogens with zero attached hydrogens (tertiary/aromatic N) is 3. The summed E-state index contributed by atoms with van der Waals surface area (Å²) in [4.78, 5) is 19.6. The Kier molecular flexibility index (Phi) is 7.00. The Balaban J connectivity index is 1.47. The quantitative estimate of drug-likeness (QED) is 0.773. The smallest absolute Gasteiger partial charge is 0.227 e. The molecule has 0 radical (unpaired) electrons. The summed E-state index contributed by atoms with van der Waals surface area (Å²) in [5.74, 6) is 0.251. The Morgan fingerprint density at radius 3 is 2.69 bits per heavy atom. The van der Waals surface area contributed by atoms with Gasteiger partial charge in [0.2, 0.25) is 5.91 Å². The number of carbonyl (C=O) groups excluding carboxylic acids is 1. The first-order chi connectivity index (χ1) is 12.7. The highest BCUT2D eigenvalue weighted by Gasteiger charge is 2.31. The highest BCUT2D eigenvalue weighted by molar-refractivity contribution is 5.79. The lowest BCUT2D eigenvalue weighted by Crippen LogP contribution is -2.40. The highest BCUT2D eigenvalue weighted by Crippen LogP contribution is 2.20. The molecule has 5 nitrogen and oxygen atoms in total. The van der Waals surface area contributed by atoms with Crippen LogP contribution in [0, 0.1) is 11.7 Å². The van der Waals surface area contributed by atoms with Crippen LogP contribution in [0.2, 0.25) is 0 Å². The zero-order chi connectivity index (χ0) is 18.4. The fraction of sp³-hybridized carbons (Fsp3) is 0.650. The average molecular weight is 363 g/mol. The van der Waals surface area contributed by atoms with Gasteiger partial charge in [0.05, 0.1) is 12.5 Å². The number of hydrogen-bond acceptors (Lipinski definition) is 4. The van der Waals surface area contributed by atoms with Gasteiger partial charge in [-0.3, -0.25) is 9.69 Å². The van der Waals surface area contributed by atoms with Crippen molar-refractivity contribution in [1.29, 1.82) is 0 Å². The molecule has 2 heterocycles. The van der Waals surface area contributed by atoms with E-state index in [0.717, 1.165) is 77.4 Å². The fourth-order valence-corrected chi connectivity index (χ4v) is 3.91. The molecule has 3 rings (SSSR count). The zero-order valence-electron chi connectivity index (χ0n) is 15.7. The Morgan fingerprint density at radius 2 is 1.92 bits per heavy atom. The van der Waals surface area contributed by atoms with Gasteiger partial charge in [0, 0.05) is 52.9 Å². The van der Waals surface area contributed by atoms with Gasteiger partial charge >= 0.3 is 0 Å². The Hall–Kier alpha value is -1.50. The molecule has 0 aliphatic carbocycles. The third kappa shape index (κ3) is 5.25. The van der Waals surface area contributed by atoms with Gasteiger partial charge in [-0.05, 0) is 37.1 Å². The van der Waals surface area contributed by atoms with Gasteiger partial charge in [-0.2, -0.15) is 0 Å². The van der Waals surface area contributed by atoms with Crippen LogP contribution in [0.4, 0.5) is 4.39 Å². The summed E-state index contributed by atoms with van der Waals surface area (Å²) in [6.07, 6.45) is 1.95. The maximum atomic E-state index is 13.0. The Morgan fingerprint density at radius 1 is 1.12 bits per heavy atom. The standard InChI is InChI=1S/C20H30FN3O2/c1-26-14-13-23-10-7-18(16-23)20(25)24-9-2-8-22(11-12-24)15-17-3-5-19(21)6-4-17/h3-6,18H,2,7-16H2,1H3. The molecule has 0 bridgehead atoms. The van der Waals surface area contributed by atoms with E-state index in [1.54, 1.807) is 7.11 Å². The molecule has 1 unspecified atom stereocenters. The number of hydrogen-bond donors (Lipinski definition) is 0. The van der Waals surface area contributed by atoms with Gasteiger partial charge in [-0.25, -0.2) is 4.39 Å². The normalized spacial score (nSPS) is 22.5. The van der Waals surface area contributed by atoms with Crippen molar-refractivity contribution in [3.63, 3.8) is 0 Å². The molecule has 2 saturated heterocycles. The molecule has 1 atom stereocenters. The van der Waals surface area contributed by atoms with Gasteiger partial charge in [0.1, 0.15) is 5.82 Å². The maximum Gasteiger partial charge on any atom is 0.227 e. The number of benzene rings is 1. The molecule has 2 fully saturated rings. The molecular weight excluding hydrogens is 333 g/mol. The van der Waals surface area contributed by atoms with E-state index in [9.17, 15) is 9.18 Å². The SMILES string of the molecule is COCCN1CCC(C(=O)N2CCCN(Cc3ccc(F)cc3)CC2)C1. The van der Waals surface area contributed by atoms with Crippen molar-refractivity contribution in [2.75, 3.05) is 59.5 Å². The lowest BCUT2D eigenvalue weighted by atomic mass is 10.1. The number of methoxy groups -OCH3 is 1. The summed E-state index contributed by atoms with van der Waals surface area (Å²) in [6, 6.07) is 6.71. The average Bonchev–Trinajstić information content (AvgIpc) is 3.00. The van der Waals surface area contributed by atoms with Crippen LogP contribution < -0.4 is 0 Å². The topological polar surface area (TPSA) is 36.0 Å². The Bertz CT molecular complexity index is 581. The van der Waals surface area contributed by atoms with Crippen LogP contribution in [0.1, 0.15) is 18.4 Å². The summed E-state index contributed by atoms with van der Waals surface area (Å²) in [7, 11) is 1.72. The van der Waals surface area contributed by atoms with Gasteiger partial charge < -0.3 is 14.5 Å². The van der Waals surface area contributed by atoms with Gasteiger partial charge in [-0.1, -0.05) is 12.1 Å². The van der Waals surface area contributed by atoms with E-state index in [1.165, 1.54) is 12.1 Å². The molecule has 2 aliphatic rings. The van der Waals surface area contributed by atoms with Gasteiger partial charge in [-0.15, -0.1) is 0 Å². The van der Waals surface area contributed by atoms with Crippen molar-refractivity contribution in [3.8, 4) is 0 Å². The highest BCUT2D eigenvalue weighted by atomic mass is 19.1. The molecule has 6 heteroatoms. The first kappa shape index (κ1) is 19.3. The monoisotopic (exact) mass is 363 g/mol. The number of carbonyl (C=O) groups is 1. The molecule has 1 aromatic rings. The molecule has 0 saturated carbocycles. The summed E-state index contributed by atoms with van der Waals surface area (Å²) in [5.41, 5.74) is 1.12. The zero-order valence-corrected chi connectivity index (χ0v) is 15.7. The van der Waals surface area contributed by atoms with Crippen LogP contribution in [-0.2, 0) is 16.1 Å². The van der Waals surface area contributed by atoms with E-state index in [4.69, 9.17) is 4.74 Å². The molecule has 0 aromatic heterocycles. The number of halogens is 1. The maximum absolute atomic E-state index is 13.0. The van der Waals surface area contributed by atoms with E-state index < -0.39 is 0 Å². The van der Waals surface area contributed by atoms with E-state index in [-0.39, 0.29) is 11.7 Å². The summed E-state index contributed by atoms with van der Waals surface area (Å²) in [5, 5.41) is 0. The van der Waals surface area contributed by atoms with Crippen LogP contribution in [0.3, 0.4) is 0 Å². The van der Waals surface area contributed by atoms with Crippen molar-refractivity contribution in [2.24, 2.45) is 5.92 Å². The van der Waals surface area contributed by atoms with Crippen LogP contribution in [0.25, 0.3) is 0 Å². The summed E-state index contributed by atoms with van der Waals surface area (Å²) >= 11 is 0. The van der Waals surface area contributed by atoms with Gasteiger partial charge in [0.15, 0.2) is 0 Å². The summed E-state index contributed by atoms with van der Waals surface area (Å²) in [6.45, 7) is 7.78. The second-order valence-corrected chi connectivity index (χ2v) is 7.36.